The second kappa shape index (κ2) is 6.80. The molecule has 0 amide bonds. The van der Waals surface area contributed by atoms with Crippen LogP contribution in [0.1, 0.15) is 52.0 Å². The fourth-order valence-electron chi connectivity index (χ4n) is 2.33. The van der Waals surface area contributed by atoms with E-state index in [4.69, 9.17) is 4.74 Å². The molecule has 0 atom stereocenters. The van der Waals surface area contributed by atoms with Gasteiger partial charge in [0.1, 0.15) is 0 Å². The monoisotopic (exact) mass is 338 g/mol. The van der Waals surface area contributed by atoms with E-state index in [1.165, 1.54) is 4.52 Å². The Labute approximate surface area is 144 Å². The van der Waals surface area contributed by atoms with Crippen LogP contribution in [0.15, 0.2) is 36.5 Å². The summed E-state index contributed by atoms with van der Waals surface area (Å²) in [6.45, 7) is 5.62. The molecule has 0 aliphatic rings. The van der Waals surface area contributed by atoms with Crippen molar-refractivity contribution in [2.75, 3.05) is 6.61 Å². The SMILES string of the molecule is Cc1ccnc2nc(C(=O)OCC(=O)c3ccc(C(C)C)cc3)nn12. The number of nitrogens with zero attached hydrogens (tertiary/aromatic N) is 4. The third kappa shape index (κ3) is 3.55. The molecular weight excluding hydrogens is 320 g/mol. The van der Waals surface area contributed by atoms with Crippen LogP contribution < -0.4 is 0 Å². The lowest BCUT2D eigenvalue weighted by molar-refractivity contribution is 0.0463. The quantitative estimate of drug-likeness (QED) is 0.525. The minimum atomic E-state index is -0.753. The van der Waals surface area contributed by atoms with Crippen LogP contribution >= 0.6 is 0 Å². The number of hydrogen-bond acceptors (Lipinski definition) is 6. The van der Waals surface area contributed by atoms with Gasteiger partial charge in [-0.1, -0.05) is 38.1 Å². The van der Waals surface area contributed by atoms with Crippen molar-refractivity contribution in [2.45, 2.75) is 26.7 Å². The zero-order valence-corrected chi connectivity index (χ0v) is 14.3. The summed E-state index contributed by atoms with van der Waals surface area (Å²) in [7, 11) is 0. The van der Waals surface area contributed by atoms with Gasteiger partial charge in [-0.2, -0.15) is 4.98 Å². The van der Waals surface area contributed by atoms with E-state index in [-0.39, 0.29) is 18.2 Å². The summed E-state index contributed by atoms with van der Waals surface area (Å²) in [6, 6.07) is 9.03. The molecule has 128 valence electrons. The number of carbonyl (C=O) groups excluding carboxylic acids is 2. The van der Waals surface area contributed by atoms with Gasteiger partial charge in [0.2, 0.25) is 0 Å². The Bertz CT molecular complexity index is 929. The first-order valence-electron chi connectivity index (χ1n) is 7.94. The molecule has 0 aliphatic carbocycles. The molecule has 0 spiro atoms. The number of aryl methyl sites for hydroxylation is 1. The van der Waals surface area contributed by atoms with Crippen LogP contribution in [0.2, 0.25) is 0 Å². The molecular formula is C18H18N4O3. The molecule has 0 saturated carbocycles. The molecule has 7 heteroatoms. The molecule has 0 N–H and O–H groups in total. The van der Waals surface area contributed by atoms with E-state index in [0.717, 1.165) is 11.3 Å². The summed E-state index contributed by atoms with van der Waals surface area (Å²) in [5.41, 5.74) is 2.43. The zero-order chi connectivity index (χ0) is 18.0. The van der Waals surface area contributed by atoms with E-state index >= 15 is 0 Å². The van der Waals surface area contributed by atoms with Gasteiger partial charge in [0.25, 0.3) is 11.6 Å². The maximum atomic E-state index is 12.2. The van der Waals surface area contributed by atoms with Gasteiger partial charge in [-0.25, -0.2) is 14.3 Å². The molecule has 2 aromatic heterocycles. The second-order valence-electron chi connectivity index (χ2n) is 6.01. The molecule has 3 aromatic rings. The third-order valence-corrected chi connectivity index (χ3v) is 3.85. The Kier molecular flexibility index (Phi) is 4.56. The molecule has 0 fully saturated rings. The number of benzene rings is 1. The van der Waals surface area contributed by atoms with E-state index in [1.807, 2.05) is 19.1 Å². The predicted molar refractivity (Wildman–Crippen MR) is 90.7 cm³/mol. The molecule has 0 bridgehead atoms. The maximum absolute atomic E-state index is 12.2. The summed E-state index contributed by atoms with van der Waals surface area (Å²) < 4.78 is 6.48. The van der Waals surface area contributed by atoms with Crippen LogP contribution in [0, 0.1) is 6.92 Å². The Morgan fingerprint density at radius 2 is 1.88 bits per heavy atom. The molecule has 0 saturated heterocycles. The fraction of sp³-hybridized carbons (Fsp3) is 0.278. The molecule has 2 heterocycles. The number of fused-ring (bicyclic) bond motifs is 1. The number of carbonyl (C=O) groups is 2. The highest BCUT2D eigenvalue weighted by Gasteiger charge is 2.18. The molecule has 0 unspecified atom stereocenters. The highest BCUT2D eigenvalue weighted by molar-refractivity contribution is 5.98. The smallest absolute Gasteiger partial charge is 0.378 e. The third-order valence-electron chi connectivity index (χ3n) is 3.85. The first-order valence-corrected chi connectivity index (χ1v) is 7.94. The van der Waals surface area contributed by atoms with Crippen molar-refractivity contribution >= 4 is 17.5 Å². The summed E-state index contributed by atoms with van der Waals surface area (Å²) in [6.07, 6.45) is 1.58. The van der Waals surface area contributed by atoms with Gasteiger partial charge in [0.05, 0.1) is 0 Å². The molecule has 3 rings (SSSR count). The van der Waals surface area contributed by atoms with Crippen LogP contribution in [0.5, 0.6) is 0 Å². The van der Waals surface area contributed by atoms with Crippen molar-refractivity contribution in [2.24, 2.45) is 0 Å². The zero-order valence-electron chi connectivity index (χ0n) is 14.3. The standard InChI is InChI=1S/C18H18N4O3/c1-11(2)13-4-6-14(7-5-13)15(23)10-25-17(24)16-20-18-19-9-8-12(3)22(18)21-16/h4-9,11H,10H2,1-3H3. The Morgan fingerprint density at radius 1 is 1.16 bits per heavy atom. The number of ketones is 1. The summed E-state index contributed by atoms with van der Waals surface area (Å²) in [5.74, 6) is -0.453. The van der Waals surface area contributed by atoms with Crippen molar-refractivity contribution in [1.82, 2.24) is 19.6 Å². The predicted octanol–water partition coefficient (Wildman–Crippen LogP) is 2.60. The van der Waals surface area contributed by atoms with Gasteiger partial charge in [-0.15, -0.1) is 5.10 Å². The van der Waals surface area contributed by atoms with Crippen molar-refractivity contribution in [3.63, 3.8) is 0 Å². The summed E-state index contributed by atoms with van der Waals surface area (Å²) in [4.78, 5) is 32.3. The topological polar surface area (TPSA) is 86.5 Å². The highest BCUT2D eigenvalue weighted by Crippen LogP contribution is 2.15. The average Bonchev–Trinajstić information content (AvgIpc) is 3.05. The van der Waals surface area contributed by atoms with E-state index in [9.17, 15) is 9.59 Å². The lowest BCUT2D eigenvalue weighted by atomic mass is 10.0. The normalized spacial score (nSPS) is 11.0. The summed E-state index contributed by atoms with van der Waals surface area (Å²) in [5, 5.41) is 4.05. The van der Waals surface area contributed by atoms with E-state index in [0.29, 0.717) is 17.3 Å². The Balaban J connectivity index is 1.66. The van der Waals surface area contributed by atoms with Gasteiger partial charge in [-0.05, 0) is 24.5 Å². The van der Waals surface area contributed by atoms with Crippen LogP contribution in [-0.4, -0.2) is 37.9 Å². The first kappa shape index (κ1) is 16.8. The van der Waals surface area contributed by atoms with Crippen molar-refractivity contribution in [3.8, 4) is 0 Å². The minimum absolute atomic E-state index is 0.121. The lowest BCUT2D eigenvalue weighted by Crippen LogP contribution is -2.15. The van der Waals surface area contributed by atoms with Gasteiger partial charge in [0, 0.05) is 17.5 Å². The molecule has 0 aliphatic heterocycles. The number of aromatic nitrogens is 4. The number of rotatable bonds is 5. The van der Waals surface area contributed by atoms with Crippen molar-refractivity contribution in [1.29, 1.82) is 0 Å². The maximum Gasteiger partial charge on any atom is 0.378 e. The highest BCUT2D eigenvalue weighted by atomic mass is 16.5. The van der Waals surface area contributed by atoms with Crippen LogP contribution in [0.4, 0.5) is 0 Å². The van der Waals surface area contributed by atoms with Gasteiger partial charge >= 0.3 is 5.97 Å². The average molecular weight is 338 g/mol. The number of Topliss-reactive ketones (excluding diaryl/α,β-unsaturated/α-hetero) is 1. The van der Waals surface area contributed by atoms with Crippen LogP contribution in [-0.2, 0) is 4.74 Å². The van der Waals surface area contributed by atoms with Gasteiger partial charge < -0.3 is 4.74 Å². The van der Waals surface area contributed by atoms with E-state index in [2.05, 4.69) is 28.9 Å². The van der Waals surface area contributed by atoms with E-state index < -0.39 is 5.97 Å². The largest absolute Gasteiger partial charge is 0.451 e. The number of hydrogen-bond donors (Lipinski definition) is 0. The van der Waals surface area contributed by atoms with Gasteiger partial charge in [-0.3, -0.25) is 4.79 Å². The molecule has 1 aromatic carbocycles. The molecule has 0 radical (unpaired) electrons. The fourth-order valence-corrected chi connectivity index (χ4v) is 2.33. The van der Waals surface area contributed by atoms with E-state index in [1.54, 1.807) is 24.4 Å². The Morgan fingerprint density at radius 3 is 2.52 bits per heavy atom. The number of esters is 1. The number of ether oxygens (including phenoxy) is 1. The van der Waals surface area contributed by atoms with Gasteiger partial charge in [0.15, 0.2) is 12.4 Å². The van der Waals surface area contributed by atoms with Crippen molar-refractivity contribution in [3.05, 3.63) is 59.2 Å². The van der Waals surface area contributed by atoms with Crippen molar-refractivity contribution < 1.29 is 14.3 Å². The minimum Gasteiger partial charge on any atom is -0.451 e. The summed E-state index contributed by atoms with van der Waals surface area (Å²) >= 11 is 0. The molecule has 7 nitrogen and oxygen atoms in total. The lowest BCUT2D eigenvalue weighted by Gasteiger charge is -2.06. The Hall–Kier alpha value is -3.09. The first-order chi connectivity index (χ1) is 12.0. The van der Waals surface area contributed by atoms with Crippen LogP contribution in [0.3, 0.4) is 0 Å². The molecule has 25 heavy (non-hydrogen) atoms. The second-order valence-corrected chi connectivity index (χ2v) is 6.01. The van der Waals surface area contributed by atoms with Crippen LogP contribution in [0.25, 0.3) is 5.78 Å².